The zero-order chi connectivity index (χ0) is 14.7. The second kappa shape index (κ2) is 6.06. The van der Waals surface area contributed by atoms with Gasteiger partial charge in [-0.05, 0) is 14.1 Å². The molecule has 0 bridgehead atoms. The molecule has 8 heteroatoms. The van der Waals surface area contributed by atoms with Gasteiger partial charge in [0.15, 0.2) is 0 Å². The first-order valence-electron chi connectivity index (χ1n) is 6.14. The lowest BCUT2D eigenvalue weighted by atomic mass is 10.1. The summed E-state index contributed by atoms with van der Waals surface area (Å²) in [7, 11) is 5.93. The number of nitrogens with one attached hydrogen (secondary N) is 1. The van der Waals surface area contributed by atoms with Gasteiger partial charge in [0, 0.05) is 31.4 Å². The normalized spacial score (nSPS) is 12.7. The molecule has 1 unspecified atom stereocenters. The first-order valence-corrected chi connectivity index (χ1v) is 6.52. The van der Waals surface area contributed by atoms with Crippen LogP contribution in [0.1, 0.15) is 11.6 Å². The average Bonchev–Trinajstić information content (AvgIpc) is 2.74. The van der Waals surface area contributed by atoms with Crippen LogP contribution in [0, 0.1) is 0 Å². The second-order valence-corrected chi connectivity index (χ2v) is 5.13. The van der Waals surface area contributed by atoms with Crippen molar-refractivity contribution in [1.29, 1.82) is 0 Å². The van der Waals surface area contributed by atoms with Crippen LogP contribution in [0.4, 0.5) is 11.8 Å². The summed E-state index contributed by atoms with van der Waals surface area (Å²) in [5.74, 6) is 0.765. The average molecular weight is 296 g/mol. The highest BCUT2D eigenvalue weighted by Crippen LogP contribution is 2.19. The van der Waals surface area contributed by atoms with E-state index in [2.05, 4.69) is 25.3 Å². The van der Waals surface area contributed by atoms with E-state index in [-0.39, 0.29) is 12.0 Å². The van der Waals surface area contributed by atoms with Crippen molar-refractivity contribution in [1.82, 2.24) is 24.6 Å². The third-order valence-corrected chi connectivity index (χ3v) is 3.12. The molecule has 0 saturated carbocycles. The van der Waals surface area contributed by atoms with Gasteiger partial charge in [0.1, 0.15) is 11.0 Å². The zero-order valence-electron chi connectivity index (χ0n) is 11.7. The summed E-state index contributed by atoms with van der Waals surface area (Å²) >= 11 is 5.85. The van der Waals surface area contributed by atoms with Crippen molar-refractivity contribution < 1.29 is 0 Å². The van der Waals surface area contributed by atoms with E-state index in [4.69, 9.17) is 17.3 Å². The lowest BCUT2D eigenvalue weighted by Crippen LogP contribution is -2.26. The number of halogens is 1. The third-order valence-electron chi connectivity index (χ3n) is 2.92. The molecule has 7 nitrogen and oxygen atoms in total. The number of nitrogens with zero attached hydrogens (tertiary/aromatic N) is 5. The van der Waals surface area contributed by atoms with Crippen molar-refractivity contribution in [3.63, 3.8) is 0 Å². The predicted octanol–water partition coefficient (Wildman–Crippen LogP) is 1.16. The Morgan fingerprint density at radius 1 is 1.45 bits per heavy atom. The van der Waals surface area contributed by atoms with Crippen LogP contribution >= 0.6 is 11.6 Å². The minimum absolute atomic E-state index is 0.155. The van der Waals surface area contributed by atoms with E-state index in [0.717, 1.165) is 5.56 Å². The van der Waals surface area contributed by atoms with E-state index in [1.54, 1.807) is 10.7 Å². The van der Waals surface area contributed by atoms with Crippen LogP contribution in [-0.4, -0.2) is 45.3 Å². The first kappa shape index (κ1) is 14.5. The van der Waals surface area contributed by atoms with Crippen molar-refractivity contribution in [2.45, 2.75) is 6.04 Å². The lowest BCUT2D eigenvalue weighted by molar-refractivity contribution is 0.311. The van der Waals surface area contributed by atoms with Gasteiger partial charge in [-0.15, -0.1) is 0 Å². The first-order chi connectivity index (χ1) is 9.45. The summed E-state index contributed by atoms with van der Waals surface area (Å²) in [6.07, 6.45) is 3.85. The maximum atomic E-state index is 5.85. The van der Waals surface area contributed by atoms with Crippen LogP contribution in [0.3, 0.4) is 0 Å². The number of nitrogen functional groups attached to an aromatic ring is 1. The molecule has 2 heterocycles. The minimum atomic E-state index is 0.155. The van der Waals surface area contributed by atoms with Crippen molar-refractivity contribution in [3.05, 3.63) is 29.2 Å². The van der Waals surface area contributed by atoms with Gasteiger partial charge >= 0.3 is 0 Å². The largest absolute Gasteiger partial charge is 0.368 e. The Hall–Kier alpha value is -1.86. The standard InChI is InChI=1S/C12H18ClN7/c1-19(2)9(8-5-16-20(3)7-8)6-15-11-4-10(13)17-12(14)18-11/h4-5,7,9H,6H2,1-3H3,(H3,14,15,17,18). The Balaban J connectivity index is 2.09. The Morgan fingerprint density at radius 2 is 2.20 bits per heavy atom. The highest BCUT2D eigenvalue weighted by Gasteiger charge is 2.16. The predicted molar refractivity (Wildman–Crippen MR) is 79.6 cm³/mol. The van der Waals surface area contributed by atoms with E-state index in [9.17, 15) is 0 Å². The number of likely N-dealkylation sites (N-methyl/N-ethyl adjacent to an activating group) is 1. The molecule has 0 fully saturated rings. The number of hydrogen-bond donors (Lipinski definition) is 2. The molecule has 2 aromatic rings. The van der Waals surface area contributed by atoms with Gasteiger partial charge in [-0.2, -0.15) is 10.1 Å². The molecule has 0 aliphatic rings. The fraction of sp³-hybridized carbons (Fsp3) is 0.417. The Bertz CT molecular complexity index is 561. The second-order valence-electron chi connectivity index (χ2n) is 4.74. The van der Waals surface area contributed by atoms with Crippen LogP contribution < -0.4 is 11.1 Å². The number of nitrogens with two attached hydrogens (primary N) is 1. The molecule has 3 N–H and O–H groups in total. The summed E-state index contributed by atoms with van der Waals surface area (Å²) in [5, 5.41) is 7.74. The van der Waals surface area contributed by atoms with Gasteiger partial charge in [-0.3, -0.25) is 4.68 Å². The number of anilines is 2. The van der Waals surface area contributed by atoms with E-state index < -0.39 is 0 Å². The molecule has 108 valence electrons. The van der Waals surface area contributed by atoms with Gasteiger partial charge < -0.3 is 16.0 Å². The quantitative estimate of drug-likeness (QED) is 0.805. The zero-order valence-corrected chi connectivity index (χ0v) is 12.5. The number of hydrogen-bond acceptors (Lipinski definition) is 6. The van der Waals surface area contributed by atoms with Crippen LogP contribution in [0.5, 0.6) is 0 Å². The van der Waals surface area contributed by atoms with Crippen LogP contribution in [0.2, 0.25) is 5.15 Å². The van der Waals surface area contributed by atoms with E-state index in [1.165, 1.54) is 0 Å². The molecule has 0 spiro atoms. The Labute approximate surface area is 122 Å². The highest BCUT2D eigenvalue weighted by atomic mass is 35.5. The minimum Gasteiger partial charge on any atom is -0.368 e. The summed E-state index contributed by atoms with van der Waals surface area (Å²) in [6.45, 7) is 0.658. The highest BCUT2D eigenvalue weighted by molar-refractivity contribution is 6.29. The SMILES string of the molecule is CN(C)C(CNc1cc(Cl)nc(N)n1)c1cnn(C)c1. The van der Waals surface area contributed by atoms with Gasteiger partial charge in [-0.25, -0.2) is 4.98 Å². The molecule has 0 aliphatic carbocycles. The Kier molecular flexibility index (Phi) is 4.41. The molecular weight excluding hydrogens is 278 g/mol. The van der Waals surface area contributed by atoms with Gasteiger partial charge in [0.25, 0.3) is 0 Å². The number of rotatable bonds is 5. The van der Waals surface area contributed by atoms with E-state index in [1.807, 2.05) is 33.5 Å². The molecule has 2 rings (SSSR count). The van der Waals surface area contributed by atoms with Crippen LogP contribution in [0.15, 0.2) is 18.5 Å². The Morgan fingerprint density at radius 3 is 2.75 bits per heavy atom. The molecule has 1 atom stereocenters. The molecule has 2 aromatic heterocycles. The molecule has 0 amide bonds. The molecular formula is C12H18ClN7. The van der Waals surface area contributed by atoms with Crippen LogP contribution in [0.25, 0.3) is 0 Å². The van der Waals surface area contributed by atoms with Gasteiger partial charge in [0.05, 0.1) is 12.2 Å². The van der Waals surface area contributed by atoms with Gasteiger partial charge in [0.2, 0.25) is 5.95 Å². The van der Waals surface area contributed by atoms with Crippen molar-refractivity contribution in [2.24, 2.45) is 7.05 Å². The van der Waals surface area contributed by atoms with Crippen molar-refractivity contribution in [3.8, 4) is 0 Å². The van der Waals surface area contributed by atoms with Crippen molar-refractivity contribution in [2.75, 3.05) is 31.7 Å². The van der Waals surface area contributed by atoms with E-state index >= 15 is 0 Å². The molecule has 0 aromatic carbocycles. The number of aryl methyl sites for hydroxylation is 1. The molecule has 0 radical (unpaired) electrons. The topological polar surface area (TPSA) is 84.9 Å². The summed E-state index contributed by atoms with van der Waals surface area (Å²) in [6, 6.07) is 1.81. The fourth-order valence-electron chi connectivity index (χ4n) is 1.94. The van der Waals surface area contributed by atoms with Crippen molar-refractivity contribution >= 4 is 23.4 Å². The molecule has 0 aliphatic heterocycles. The lowest BCUT2D eigenvalue weighted by Gasteiger charge is -2.23. The molecule has 20 heavy (non-hydrogen) atoms. The maximum absolute atomic E-state index is 5.85. The van der Waals surface area contributed by atoms with Gasteiger partial charge in [-0.1, -0.05) is 11.6 Å². The fourth-order valence-corrected chi connectivity index (χ4v) is 2.13. The molecule has 0 saturated heterocycles. The smallest absolute Gasteiger partial charge is 0.223 e. The monoisotopic (exact) mass is 295 g/mol. The number of aromatic nitrogens is 4. The third kappa shape index (κ3) is 3.58. The maximum Gasteiger partial charge on any atom is 0.223 e. The summed E-state index contributed by atoms with van der Waals surface area (Å²) in [4.78, 5) is 10.0. The van der Waals surface area contributed by atoms with Crippen LogP contribution in [-0.2, 0) is 7.05 Å². The summed E-state index contributed by atoms with van der Waals surface area (Å²) < 4.78 is 1.78. The summed E-state index contributed by atoms with van der Waals surface area (Å²) in [5.41, 5.74) is 6.69. The van der Waals surface area contributed by atoms with E-state index in [0.29, 0.717) is 17.5 Å².